The average Bonchev–Trinajstić information content (AvgIpc) is 2.80. The van der Waals surface area contributed by atoms with Crippen molar-refractivity contribution in [2.24, 2.45) is 0 Å². The summed E-state index contributed by atoms with van der Waals surface area (Å²) in [5.74, 6) is 0.526. The van der Waals surface area contributed by atoms with Crippen LogP contribution in [0.15, 0.2) is 67.0 Å². The average molecular weight is 516 g/mol. The maximum Gasteiger partial charge on any atom is 0.416 e. The smallest absolute Gasteiger partial charge is 0.416 e. The topological polar surface area (TPSA) is 79.4 Å². The van der Waals surface area contributed by atoms with Crippen molar-refractivity contribution < 1.29 is 22.7 Å². The third-order valence-electron chi connectivity index (χ3n) is 4.96. The lowest BCUT2D eigenvalue weighted by Gasteiger charge is -2.14. The van der Waals surface area contributed by atoms with E-state index in [1.165, 1.54) is 18.5 Å². The molecule has 1 amide bonds. The van der Waals surface area contributed by atoms with Gasteiger partial charge in [-0.3, -0.25) is 4.79 Å². The van der Waals surface area contributed by atoms with Gasteiger partial charge < -0.3 is 20.3 Å². The lowest BCUT2D eigenvalue weighted by atomic mass is 10.2. The molecule has 0 aliphatic heterocycles. The van der Waals surface area contributed by atoms with Gasteiger partial charge in [0.1, 0.15) is 23.6 Å². The number of aromatic nitrogens is 2. The SMILES string of the molecule is CN(C)CC(=O)Nc1ccc2ncnc(Nc3ccc(Oc4cccc(C(F)(F)F)c4)c(Cl)c3)c2c1. The zero-order chi connectivity index (χ0) is 25.9. The van der Waals surface area contributed by atoms with Crippen molar-refractivity contribution in [3.8, 4) is 11.5 Å². The molecule has 0 fully saturated rings. The second kappa shape index (κ2) is 10.4. The summed E-state index contributed by atoms with van der Waals surface area (Å²) in [6, 6.07) is 14.6. The number of likely N-dealkylation sites (N-methyl/N-ethyl adjacent to an activating group) is 1. The van der Waals surface area contributed by atoms with Gasteiger partial charge in [0.25, 0.3) is 0 Å². The third kappa shape index (κ3) is 6.21. The van der Waals surface area contributed by atoms with Gasteiger partial charge in [0.15, 0.2) is 0 Å². The Labute approximate surface area is 209 Å². The lowest BCUT2D eigenvalue weighted by Crippen LogP contribution is -2.27. The fraction of sp³-hybridized carbons (Fsp3) is 0.160. The van der Waals surface area contributed by atoms with Crippen LogP contribution in [0.3, 0.4) is 0 Å². The molecular formula is C25H21ClF3N5O2. The molecule has 1 heterocycles. The van der Waals surface area contributed by atoms with Crippen LogP contribution in [0.5, 0.6) is 11.5 Å². The summed E-state index contributed by atoms with van der Waals surface area (Å²) >= 11 is 6.35. The van der Waals surface area contributed by atoms with Crippen LogP contribution in [0.25, 0.3) is 10.9 Å². The number of hydrogen-bond donors (Lipinski definition) is 2. The van der Waals surface area contributed by atoms with Crippen molar-refractivity contribution in [2.45, 2.75) is 6.18 Å². The second-order valence-electron chi connectivity index (χ2n) is 8.14. The summed E-state index contributed by atoms with van der Waals surface area (Å²) in [7, 11) is 3.60. The summed E-state index contributed by atoms with van der Waals surface area (Å²) in [5.41, 5.74) is 1.00. The van der Waals surface area contributed by atoms with Gasteiger partial charge in [-0.2, -0.15) is 13.2 Å². The van der Waals surface area contributed by atoms with Crippen LogP contribution in [0.1, 0.15) is 5.56 Å². The van der Waals surface area contributed by atoms with E-state index in [1.807, 2.05) is 0 Å². The zero-order valence-corrected chi connectivity index (χ0v) is 20.0. The number of benzene rings is 3. The van der Waals surface area contributed by atoms with Gasteiger partial charge in [-0.05, 0) is 68.7 Å². The van der Waals surface area contributed by atoms with Crippen LogP contribution >= 0.6 is 11.6 Å². The van der Waals surface area contributed by atoms with Crippen molar-refractivity contribution in [3.05, 3.63) is 77.6 Å². The van der Waals surface area contributed by atoms with Crippen molar-refractivity contribution in [2.75, 3.05) is 31.3 Å². The molecule has 4 rings (SSSR count). The lowest BCUT2D eigenvalue weighted by molar-refractivity contribution is -0.137. The van der Waals surface area contributed by atoms with Crippen molar-refractivity contribution in [1.29, 1.82) is 0 Å². The molecule has 0 saturated carbocycles. The number of nitrogens with zero attached hydrogens (tertiary/aromatic N) is 3. The Morgan fingerprint density at radius 2 is 1.81 bits per heavy atom. The van der Waals surface area contributed by atoms with E-state index in [4.69, 9.17) is 16.3 Å². The van der Waals surface area contributed by atoms with E-state index >= 15 is 0 Å². The van der Waals surface area contributed by atoms with Crippen LogP contribution in [-0.2, 0) is 11.0 Å². The van der Waals surface area contributed by atoms with E-state index in [0.717, 1.165) is 12.1 Å². The fourth-order valence-electron chi connectivity index (χ4n) is 3.38. The van der Waals surface area contributed by atoms with Crippen LogP contribution in [0, 0.1) is 0 Å². The van der Waals surface area contributed by atoms with Crippen LogP contribution in [-0.4, -0.2) is 41.4 Å². The molecule has 7 nitrogen and oxygen atoms in total. The number of alkyl halides is 3. The van der Waals surface area contributed by atoms with Gasteiger partial charge in [0, 0.05) is 16.8 Å². The molecule has 0 spiro atoms. The standard InChI is InChI=1S/C25H21ClF3N5O2/c1-34(2)13-23(35)32-16-6-8-21-19(11-16)24(31-14-30-21)33-17-7-9-22(20(26)12-17)36-18-5-3-4-15(10-18)25(27,28)29/h3-12,14H,13H2,1-2H3,(H,32,35)(H,30,31,33). The zero-order valence-electron chi connectivity index (χ0n) is 19.2. The number of rotatable bonds is 7. The number of ether oxygens (including phenoxy) is 1. The fourth-order valence-corrected chi connectivity index (χ4v) is 3.60. The molecule has 186 valence electrons. The van der Waals surface area contributed by atoms with E-state index in [2.05, 4.69) is 20.6 Å². The molecule has 36 heavy (non-hydrogen) atoms. The maximum atomic E-state index is 13.0. The van der Waals surface area contributed by atoms with Crippen LogP contribution < -0.4 is 15.4 Å². The van der Waals surface area contributed by atoms with E-state index in [1.54, 1.807) is 55.4 Å². The Bertz CT molecular complexity index is 1410. The van der Waals surface area contributed by atoms with Crippen molar-refractivity contribution in [1.82, 2.24) is 14.9 Å². The largest absolute Gasteiger partial charge is 0.456 e. The van der Waals surface area contributed by atoms with E-state index in [9.17, 15) is 18.0 Å². The number of hydrogen-bond acceptors (Lipinski definition) is 6. The minimum absolute atomic E-state index is 0.0121. The molecule has 0 atom stereocenters. The predicted octanol–water partition coefficient (Wildman–Crippen LogP) is 6.34. The number of halogens is 4. The number of carbonyl (C=O) groups excluding carboxylic acids is 1. The maximum absolute atomic E-state index is 13.0. The van der Waals surface area contributed by atoms with Gasteiger partial charge in [-0.1, -0.05) is 17.7 Å². The first kappa shape index (κ1) is 25.2. The number of anilines is 3. The molecule has 4 aromatic rings. The molecule has 0 bridgehead atoms. The molecule has 11 heteroatoms. The summed E-state index contributed by atoms with van der Waals surface area (Å²) in [5, 5.41) is 6.85. The minimum atomic E-state index is -4.48. The Morgan fingerprint density at radius 3 is 2.53 bits per heavy atom. The van der Waals surface area contributed by atoms with E-state index < -0.39 is 11.7 Å². The van der Waals surface area contributed by atoms with Crippen molar-refractivity contribution >= 4 is 45.6 Å². The van der Waals surface area contributed by atoms with Crippen LogP contribution in [0.2, 0.25) is 5.02 Å². The molecule has 0 radical (unpaired) electrons. The van der Waals surface area contributed by atoms with Crippen LogP contribution in [0.4, 0.5) is 30.4 Å². The first-order valence-electron chi connectivity index (χ1n) is 10.7. The molecule has 2 N–H and O–H groups in total. The van der Waals surface area contributed by atoms with Gasteiger partial charge in [-0.25, -0.2) is 9.97 Å². The molecule has 0 aliphatic rings. The normalized spacial score (nSPS) is 11.5. The summed E-state index contributed by atoms with van der Waals surface area (Å²) in [6.07, 6.45) is -3.08. The van der Waals surface area contributed by atoms with Gasteiger partial charge in [0.2, 0.25) is 5.91 Å². The molecule has 0 saturated heterocycles. The Morgan fingerprint density at radius 1 is 1.03 bits per heavy atom. The van der Waals surface area contributed by atoms with E-state index in [-0.39, 0.29) is 29.0 Å². The number of fused-ring (bicyclic) bond motifs is 1. The van der Waals surface area contributed by atoms with Gasteiger partial charge in [-0.15, -0.1) is 0 Å². The number of amides is 1. The molecule has 0 unspecified atom stereocenters. The van der Waals surface area contributed by atoms with Gasteiger partial charge >= 0.3 is 6.18 Å². The highest BCUT2D eigenvalue weighted by Gasteiger charge is 2.30. The summed E-state index contributed by atoms with van der Waals surface area (Å²) in [6.45, 7) is 0.238. The highest BCUT2D eigenvalue weighted by atomic mass is 35.5. The van der Waals surface area contributed by atoms with E-state index in [0.29, 0.717) is 28.1 Å². The first-order valence-corrected chi connectivity index (χ1v) is 11.1. The Kier molecular flexibility index (Phi) is 7.27. The quantitative estimate of drug-likeness (QED) is 0.299. The Balaban J connectivity index is 1.54. The number of nitrogens with one attached hydrogen (secondary N) is 2. The predicted molar refractivity (Wildman–Crippen MR) is 133 cm³/mol. The third-order valence-corrected chi connectivity index (χ3v) is 5.26. The van der Waals surface area contributed by atoms with Crippen molar-refractivity contribution in [3.63, 3.8) is 0 Å². The second-order valence-corrected chi connectivity index (χ2v) is 8.55. The molecule has 3 aromatic carbocycles. The highest BCUT2D eigenvalue weighted by molar-refractivity contribution is 6.32. The minimum Gasteiger partial charge on any atom is -0.456 e. The first-order chi connectivity index (χ1) is 17.1. The summed E-state index contributed by atoms with van der Waals surface area (Å²) in [4.78, 5) is 22.4. The van der Waals surface area contributed by atoms with Gasteiger partial charge in [0.05, 0.1) is 22.6 Å². The molecule has 1 aromatic heterocycles. The highest BCUT2D eigenvalue weighted by Crippen LogP contribution is 2.36. The monoisotopic (exact) mass is 515 g/mol. The number of carbonyl (C=O) groups is 1. The molecular weight excluding hydrogens is 495 g/mol. The summed E-state index contributed by atoms with van der Waals surface area (Å²) < 4.78 is 44.5. The molecule has 0 aliphatic carbocycles. The Hall–Kier alpha value is -3.89.